The molecule has 27 heavy (non-hydrogen) atoms. The van der Waals surface area contributed by atoms with Crippen LogP contribution < -0.4 is 10.1 Å². The monoisotopic (exact) mass is 403 g/mol. The number of nitrogens with zero attached hydrogens (tertiary/aromatic N) is 4. The highest BCUT2D eigenvalue weighted by molar-refractivity contribution is 6.35. The molecule has 0 aliphatic heterocycles. The Labute approximate surface area is 165 Å². The number of hydrogen-bond donors (Lipinski definition) is 1. The van der Waals surface area contributed by atoms with Crippen molar-refractivity contribution in [3.63, 3.8) is 0 Å². The minimum absolute atomic E-state index is 0.164. The van der Waals surface area contributed by atoms with E-state index in [4.69, 9.17) is 27.9 Å². The van der Waals surface area contributed by atoms with Gasteiger partial charge in [-0.05, 0) is 65.7 Å². The lowest BCUT2D eigenvalue weighted by Gasteiger charge is -2.09. The Balaban J connectivity index is 1.36. The molecule has 1 amide bonds. The second-order valence-corrected chi connectivity index (χ2v) is 7.01. The molecule has 0 atom stereocenters. The molecule has 1 fully saturated rings. The lowest BCUT2D eigenvalue weighted by atomic mass is 10.2. The fourth-order valence-corrected chi connectivity index (χ4v) is 3.05. The summed E-state index contributed by atoms with van der Waals surface area (Å²) in [6.45, 7) is -0.164. The zero-order valence-electron chi connectivity index (χ0n) is 14.1. The maximum absolute atomic E-state index is 12.1. The van der Waals surface area contributed by atoms with E-state index in [1.807, 2.05) is 16.8 Å². The van der Waals surface area contributed by atoms with Crippen molar-refractivity contribution in [1.82, 2.24) is 20.2 Å². The van der Waals surface area contributed by atoms with Crippen molar-refractivity contribution in [2.75, 3.05) is 11.9 Å². The Kier molecular flexibility index (Phi) is 4.96. The quantitative estimate of drug-likeness (QED) is 0.672. The van der Waals surface area contributed by atoms with E-state index < -0.39 is 0 Å². The van der Waals surface area contributed by atoms with E-state index in [1.54, 1.807) is 30.3 Å². The number of hydrogen-bond acceptors (Lipinski definition) is 5. The van der Waals surface area contributed by atoms with Crippen molar-refractivity contribution in [1.29, 1.82) is 0 Å². The third-order valence-electron chi connectivity index (χ3n) is 4.07. The van der Waals surface area contributed by atoms with Crippen molar-refractivity contribution in [2.45, 2.75) is 18.9 Å². The van der Waals surface area contributed by atoms with Crippen molar-refractivity contribution in [3.8, 4) is 17.1 Å². The summed E-state index contributed by atoms with van der Waals surface area (Å²) in [5, 5.41) is 15.5. The predicted octanol–water partition coefficient (Wildman–Crippen LogP) is 4.00. The molecule has 9 heteroatoms. The van der Waals surface area contributed by atoms with Gasteiger partial charge in [0.15, 0.2) is 12.4 Å². The molecule has 1 aromatic heterocycles. The molecule has 0 radical (unpaired) electrons. The predicted molar refractivity (Wildman–Crippen MR) is 102 cm³/mol. The number of amides is 1. The summed E-state index contributed by atoms with van der Waals surface area (Å²) in [6, 6.07) is 12.6. The van der Waals surface area contributed by atoms with Gasteiger partial charge >= 0.3 is 0 Å². The van der Waals surface area contributed by atoms with Gasteiger partial charge in [0.05, 0.1) is 11.1 Å². The van der Waals surface area contributed by atoms with Gasteiger partial charge < -0.3 is 10.1 Å². The van der Waals surface area contributed by atoms with E-state index in [-0.39, 0.29) is 12.5 Å². The zero-order valence-corrected chi connectivity index (χ0v) is 15.6. The molecule has 1 aliphatic carbocycles. The lowest BCUT2D eigenvalue weighted by molar-refractivity contribution is -0.118. The van der Waals surface area contributed by atoms with Crippen LogP contribution in [-0.4, -0.2) is 32.7 Å². The van der Waals surface area contributed by atoms with Gasteiger partial charge in [-0.15, -0.1) is 5.10 Å². The van der Waals surface area contributed by atoms with Crippen molar-refractivity contribution >= 4 is 34.8 Å². The van der Waals surface area contributed by atoms with Crippen LogP contribution in [0.15, 0.2) is 42.5 Å². The van der Waals surface area contributed by atoms with Crippen LogP contribution in [0.2, 0.25) is 10.0 Å². The highest BCUT2D eigenvalue weighted by atomic mass is 35.5. The van der Waals surface area contributed by atoms with Crippen molar-refractivity contribution in [3.05, 3.63) is 52.5 Å². The first-order valence-electron chi connectivity index (χ1n) is 8.36. The van der Waals surface area contributed by atoms with Crippen molar-refractivity contribution < 1.29 is 9.53 Å². The molecule has 4 rings (SSSR count). The molecule has 1 aliphatic rings. The van der Waals surface area contributed by atoms with Gasteiger partial charge in [0.2, 0.25) is 0 Å². The maximum atomic E-state index is 12.1. The van der Waals surface area contributed by atoms with Crippen LogP contribution in [0.4, 0.5) is 5.69 Å². The van der Waals surface area contributed by atoms with Crippen molar-refractivity contribution in [2.24, 2.45) is 0 Å². The average Bonchev–Trinajstić information content (AvgIpc) is 3.38. The molecule has 1 N–H and O–H groups in total. The number of carbonyl (C=O) groups excluding carboxylic acids is 1. The average molecular weight is 404 g/mol. The topological polar surface area (TPSA) is 81.9 Å². The highest BCUT2D eigenvalue weighted by Crippen LogP contribution is 2.36. The first-order valence-corrected chi connectivity index (χ1v) is 9.12. The highest BCUT2D eigenvalue weighted by Gasteiger charge is 2.28. The first-order chi connectivity index (χ1) is 13.1. The lowest BCUT2D eigenvalue weighted by Crippen LogP contribution is -2.20. The van der Waals surface area contributed by atoms with Crippen LogP contribution in [0.25, 0.3) is 11.4 Å². The number of carbonyl (C=O) groups is 1. The van der Waals surface area contributed by atoms with Crippen LogP contribution in [0.5, 0.6) is 5.75 Å². The molecule has 7 nitrogen and oxygen atoms in total. The number of aromatic nitrogens is 4. The Bertz CT molecular complexity index is 970. The summed E-state index contributed by atoms with van der Waals surface area (Å²) in [5.74, 6) is 0.839. The van der Waals surface area contributed by atoms with Crippen LogP contribution in [-0.2, 0) is 4.79 Å². The number of nitrogens with one attached hydrogen (secondary N) is 1. The number of benzene rings is 2. The minimum atomic E-state index is -0.295. The molecule has 0 saturated heterocycles. The molecule has 0 unspecified atom stereocenters. The van der Waals surface area contributed by atoms with E-state index in [2.05, 4.69) is 20.8 Å². The number of ether oxygens (including phenoxy) is 1. The summed E-state index contributed by atoms with van der Waals surface area (Å²) in [7, 11) is 0. The van der Waals surface area contributed by atoms with Gasteiger partial charge in [-0.1, -0.05) is 23.2 Å². The Morgan fingerprint density at radius 1 is 1.19 bits per heavy atom. The fourth-order valence-electron chi connectivity index (χ4n) is 2.58. The largest absolute Gasteiger partial charge is 0.482 e. The Morgan fingerprint density at radius 2 is 1.96 bits per heavy atom. The number of anilines is 1. The molecule has 0 bridgehead atoms. The van der Waals surface area contributed by atoms with E-state index in [1.165, 1.54) is 0 Å². The fraction of sp³-hybridized carbons (Fsp3) is 0.222. The standard InChI is InChI=1S/C18H15Cl2N5O2/c19-12-3-8-16(15(20)9-12)27-10-17(26)21-13-4-1-11(2-5-13)18-22-23-24-25(18)14-6-7-14/h1-5,8-9,14H,6-7,10H2,(H,21,26). The third-order valence-corrected chi connectivity index (χ3v) is 4.60. The SMILES string of the molecule is O=C(COc1ccc(Cl)cc1Cl)Nc1ccc(-c2nnnn2C2CC2)cc1. The van der Waals surface area contributed by atoms with Gasteiger partial charge in [-0.25, -0.2) is 4.68 Å². The third kappa shape index (κ3) is 4.20. The van der Waals surface area contributed by atoms with E-state index in [0.717, 1.165) is 24.2 Å². The summed E-state index contributed by atoms with van der Waals surface area (Å²) in [6.07, 6.45) is 2.20. The minimum Gasteiger partial charge on any atom is -0.482 e. The molecule has 1 saturated carbocycles. The zero-order chi connectivity index (χ0) is 18.8. The van der Waals surface area contributed by atoms with E-state index >= 15 is 0 Å². The summed E-state index contributed by atoms with van der Waals surface area (Å²) >= 11 is 11.9. The molecular weight excluding hydrogens is 389 g/mol. The molecule has 2 aromatic carbocycles. The van der Waals surface area contributed by atoms with Crippen LogP contribution in [0, 0.1) is 0 Å². The van der Waals surface area contributed by atoms with Crippen LogP contribution in [0.3, 0.4) is 0 Å². The Morgan fingerprint density at radius 3 is 2.67 bits per heavy atom. The summed E-state index contributed by atoms with van der Waals surface area (Å²) < 4.78 is 7.27. The first kappa shape index (κ1) is 17.8. The van der Waals surface area contributed by atoms with Crippen LogP contribution in [0.1, 0.15) is 18.9 Å². The molecule has 138 valence electrons. The van der Waals surface area contributed by atoms with E-state index in [9.17, 15) is 4.79 Å². The van der Waals surface area contributed by atoms with Gasteiger partial charge in [0, 0.05) is 16.3 Å². The molecule has 1 heterocycles. The summed E-state index contributed by atoms with van der Waals surface area (Å²) in [4.78, 5) is 12.1. The van der Waals surface area contributed by atoms with E-state index in [0.29, 0.717) is 27.5 Å². The normalized spacial score (nSPS) is 13.4. The van der Waals surface area contributed by atoms with Gasteiger partial charge in [-0.3, -0.25) is 4.79 Å². The number of halogens is 2. The van der Waals surface area contributed by atoms with Gasteiger partial charge in [0.25, 0.3) is 5.91 Å². The smallest absolute Gasteiger partial charge is 0.262 e. The number of rotatable bonds is 6. The van der Waals surface area contributed by atoms with Gasteiger partial charge in [-0.2, -0.15) is 0 Å². The number of tetrazole rings is 1. The Hall–Kier alpha value is -2.64. The maximum Gasteiger partial charge on any atom is 0.262 e. The second-order valence-electron chi connectivity index (χ2n) is 6.17. The molecule has 0 spiro atoms. The molecule has 3 aromatic rings. The summed E-state index contributed by atoms with van der Waals surface area (Å²) in [5.41, 5.74) is 1.55. The van der Waals surface area contributed by atoms with Gasteiger partial charge in [0.1, 0.15) is 5.75 Å². The van der Waals surface area contributed by atoms with Crippen LogP contribution >= 0.6 is 23.2 Å². The second kappa shape index (κ2) is 7.54. The molecular formula is C18H15Cl2N5O2.